The van der Waals surface area contributed by atoms with Crippen LogP contribution in [0.4, 0.5) is 26.4 Å². The second-order valence-electron chi connectivity index (χ2n) is 10.8. The lowest BCUT2D eigenvalue weighted by atomic mass is 10.1. The van der Waals surface area contributed by atoms with Crippen LogP contribution in [0.25, 0.3) is 22.2 Å². The van der Waals surface area contributed by atoms with Crippen molar-refractivity contribution in [3.8, 4) is 17.0 Å². The average Bonchev–Trinajstić information content (AvgIpc) is 3.42. The van der Waals surface area contributed by atoms with Gasteiger partial charge in [-0.2, -0.15) is 0 Å². The van der Waals surface area contributed by atoms with Crippen LogP contribution in [0.2, 0.25) is 0 Å². The standard InChI is InChI=1S/C31H31FN6O4/c1-5-28(39)37-26-15-22-25(16-27(26)41-20-11-13-38(17-20)30(40)42-31(2,3)4)34-18-35-29(22)36-19-10-12-33-24(14-19)21-8-6-7-9-23(21)32/h5-10,12,14-16,18,20H,1,11,13,17H2,2-4H3,(H,37,39)(H,33,34,35,36)/t20-/m1/s1. The highest BCUT2D eigenvalue weighted by Gasteiger charge is 2.31. The first-order valence-electron chi connectivity index (χ1n) is 13.4. The molecule has 3 heterocycles. The van der Waals surface area contributed by atoms with E-state index in [9.17, 15) is 14.0 Å². The molecule has 4 aromatic rings. The molecule has 11 heteroatoms. The zero-order chi connectivity index (χ0) is 29.9. The number of pyridine rings is 1. The van der Waals surface area contributed by atoms with Gasteiger partial charge >= 0.3 is 6.09 Å². The smallest absolute Gasteiger partial charge is 0.410 e. The highest BCUT2D eigenvalue weighted by molar-refractivity contribution is 6.03. The first-order valence-corrected chi connectivity index (χ1v) is 13.4. The summed E-state index contributed by atoms with van der Waals surface area (Å²) in [6, 6.07) is 13.3. The molecule has 1 aliphatic rings. The zero-order valence-electron chi connectivity index (χ0n) is 23.6. The molecule has 1 atom stereocenters. The fraction of sp³-hybridized carbons (Fsp3) is 0.258. The van der Waals surface area contributed by atoms with Crippen molar-refractivity contribution in [1.29, 1.82) is 0 Å². The monoisotopic (exact) mass is 570 g/mol. The van der Waals surface area contributed by atoms with Gasteiger partial charge in [-0.15, -0.1) is 0 Å². The van der Waals surface area contributed by atoms with Crippen molar-refractivity contribution in [1.82, 2.24) is 19.9 Å². The molecular weight excluding hydrogens is 539 g/mol. The minimum atomic E-state index is -0.600. The summed E-state index contributed by atoms with van der Waals surface area (Å²) < 4.78 is 26.1. The zero-order valence-corrected chi connectivity index (χ0v) is 23.6. The molecule has 0 radical (unpaired) electrons. The third-order valence-corrected chi connectivity index (χ3v) is 6.44. The number of carbonyl (C=O) groups is 2. The Morgan fingerprint density at radius 3 is 2.69 bits per heavy atom. The van der Waals surface area contributed by atoms with Gasteiger partial charge in [0.1, 0.15) is 35.4 Å². The van der Waals surface area contributed by atoms with E-state index in [-0.39, 0.29) is 11.9 Å². The Morgan fingerprint density at radius 1 is 1.12 bits per heavy atom. The van der Waals surface area contributed by atoms with Gasteiger partial charge in [0, 0.05) is 41.9 Å². The molecule has 216 valence electrons. The van der Waals surface area contributed by atoms with E-state index in [1.807, 2.05) is 20.8 Å². The molecule has 0 bridgehead atoms. The SMILES string of the molecule is C=CC(=O)Nc1cc2c(Nc3ccnc(-c4ccccc4F)c3)ncnc2cc1O[C@@H]1CCN(C(=O)OC(C)(C)C)C1. The lowest BCUT2D eigenvalue weighted by Crippen LogP contribution is -2.36. The molecule has 5 rings (SSSR count). The molecule has 0 spiro atoms. The van der Waals surface area contributed by atoms with E-state index in [0.29, 0.717) is 64.6 Å². The van der Waals surface area contributed by atoms with E-state index in [2.05, 4.69) is 32.2 Å². The van der Waals surface area contributed by atoms with E-state index < -0.39 is 17.6 Å². The Balaban J connectivity index is 1.43. The maximum atomic E-state index is 14.4. The number of anilines is 3. The molecule has 1 fully saturated rings. The van der Waals surface area contributed by atoms with E-state index in [1.54, 1.807) is 53.6 Å². The Labute approximate surface area is 242 Å². The van der Waals surface area contributed by atoms with E-state index in [1.165, 1.54) is 12.4 Å². The maximum Gasteiger partial charge on any atom is 0.410 e. The molecule has 2 aromatic heterocycles. The maximum absolute atomic E-state index is 14.4. The van der Waals surface area contributed by atoms with Crippen LogP contribution in [-0.4, -0.2) is 56.6 Å². The number of aromatic nitrogens is 3. The van der Waals surface area contributed by atoms with Gasteiger partial charge in [-0.1, -0.05) is 18.7 Å². The molecule has 10 nitrogen and oxygen atoms in total. The molecule has 42 heavy (non-hydrogen) atoms. The van der Waals surface area contributed by atoms with Gasteiger partial charge in [-0.3, -0.25) is 9.78 Å². The number of halogens is 1. The van der Waals surface area contributed by atoms with Crippen molar-refractivity contribution in [2.24, 2.45) is 0 Å². The molecule has 2 N–H and O–H groups in total. The summed E-state index contributed by atoms with van der Waals surface area (Å²) in [7, 11) is 0. The largest absolute Gasteiger partial charge is 0.486 e. The lowest BCUT2D eigenvalue weighted by molar-refractivity contribution is -0.111. The molecule has 1 aliphatic heterocycles. The number of ether oxygens (including phenoxy) is 2. The van der Waals surface area contributed by atoms with Crippen molar-refractivity contribution in [3.63, 3.8) is 0 Å². The second-order valence-corrected chi connectivity index (χ2v) is 10.8. The van der Waals surface area contributed by atoms with Crippen LogP contribution in [0.15, 0.2) is 73.7 Å². The van der Waals surface area contributed by atoms with Crippen LogP contribution < -0.4 is 15.4 Å². The second kappa shape index (κ2) is 11.8. The quantitative estimate of drug-likeness (QED) is 0.257. The molecule has 0 aliphatic carbocycles. The van der Waals surface area contributed by atoms with Crippen LogP contribution in [0, 0.1) is 5.82 Å². The van der Waals surface area contributed by atoms with Gasteiger partial charge in [0.2, 0.25) is 5.91 Å². The number of benzene rings is 2. The van der Waals surface area contributed by atoms with Crippen molar-refractivity contribution in [2.45, 2.75) is 38.9 Å². The van der Waals surface area contributed by atoms with Crippen molar-refractivity contribution >= 4 is 40.1 Å². The highest BCUT2D eigenvalue weighted by Crippen LogP contribution is 2.35. The number of nitrogens with one attached hydrogen (secondary N) is 2. The molecule has 1 saturated heterocycles. The van der Waals surface area contributed by atoms with Gasteiger partial charge in [0.25, 0.3) is 0 Å². The summed E-state index contributed by atoms with van der Waals surface area (Å²) >= 11 is 0. The minimum Gasteiger partial charge on any atom is -0.486 e. The summed E-state index contributed by atoms with van der Waals surface area (Å²) in [6.45, 7) is 9.82. The molecular formula is C31H31FN6O4. The molecule has 2 aromatic carbocycles. The number of carbonyl (C=O) groups excluding carboxylic acids is 2. The van der Waals surface area contributed by atoms with E-state index in [0.717, 1.165) is 6.08 Å². The summed E-state index contributed by atoms with van der Waals surface area (Å²) in [5.74, 6) is 0.0599. The number of fused-ring (bicyclic) bond motifs is 1. The van der Waals surface area contributed by atoms with Crippen LogP contribution in [0.1, 0.15) is 27.2 Å². The highest BCUT2D eigenvalue weighted by atomic mass is 19.1. The van der Waals surface area contributed by atoms with Gasteiger partial charge < -0.3 is 25.0 Å². The predicted molar refractivity (Wildman–Crippen MR) is 158 cm³/mol. The Hall–Kier alpha value is -5.06. The summed E-state index contributed by atoms with van der Waals surface area (Å²) in [5.41, 5.74) is 1.82. The number of likely N-dealkylation sites (tertiary alicyclic amines) is 1. The Bertz CT molecular complexity index is 1650. The molecule has 0 unspecified atom stereocenters. The van der Waals surface area contributed by atoms with Crippen LogP contribution in [-0.2, 0) is 9.53 Å². The first kappa shape index (κ1) is 28.5. The van der Waals surface area contributed by atoms with E-state index >= 15 is 0 Å². The Kier molecular flexibility index (Phi) is 8.01. The number of nitrogens with zero attached hydrogens (tertiary/aromatic N) is 4. The fourth-order valence-corrected chi connectivity index (χ4v) is 4.52. The summed E-state index contributed by atoms with van der Waals surface area (Å²) in [5, 5.41) is 6.66. The number of amides is 2. The number of hydrogen-bond donors (Lipinski definition) is 2. The lowest BCUT2D eigenvalue weighted by Gasteiger charge is -2.24. The fourth-order valence-electron chi connectivity index (χ4n) is 4.52. The average molecular weight is 571 g/mol. The third kappa shape index (κ3) is 6.63. The van der Waals surface area contributed by atoms with Gasteiger partial charge in [-0.05, 0) is 57.2 Å². The number of rotatable bonds is 7. The normalized spacial score (nSPS) is 14.9. The van der Waals surface area contributed by atoms with Gasteiger partial charge in [0.05, 0.1) is 23.4 Å². The topological polar surface area (TPSA) is 119 Å². The third-order valence-electron chi connectivity index (χ3n) is 6.44. The molecule has 0 saturated carbocycles. The minimum absolute atomic E-state index is 0.317. The van der Waals surface area contributed by atoms with Crippen LogP contribution in [0.5, 0.6) is 5.75 Å². The Morgan fingerprint density at radius 2 is 1.93 bits per heavy atom. The summed E-state index contributed by atoms with van der Waals surface area (Å²) in [6.07, 6.45) is 4.03. The summed E-state index contributed by atoms with van der Waals surface area (Å²) in [4.78, 5) is 39.6. The first-order chi connectivity index (χ1) is 20.1. The van der Waals surface area contributed by atoms with Crippen molar-refractivity contribution in [3.05, 3.63) is 79.5 Å². The number of hydrogen-bond acceptors (Lipinski definition) is 8. The predicted octanol–water partition coefficient (Wildman–Crippen LogP) is 6.09. The van der Waals surface area contributed by atoms with Gasteiger partial charge in [0.15, 0.2) is 0 Å². The van der Waals surface area contributed by atoms with E-state index in [4.69, 9.17) is 9.47 Å². The van der Waals surface area contributed by atoms with Crippen molar-refractivity contribution < 1.29 is 23.5 Å². The van der Waals surface area contributed by atoms with Crippen LogP contribution in [0.3, 0.4) is 0 Å². The van der Waals surface area contributed by atoms with Gasteiger partial charge in [-0.25, -0.2) is 19.2 Å². The molecule has 2 amide bonds. The van der Waals surface area contributed by atoms with Crippen molar-refractivity contribution in [2.75, 3.05) is 23.7 Å². The van der Waals surface area contributed by atoms with Crippen LogP contribution >= 0.6 is 0 Å².